The molecule has 6 rings (SSSR count). The van der Waals surface area contributed by atoms with Gasteiger partial charge in [0.15, 0.2) is 12.2 Å². The standard InChI is InChI=1S/C29H32N5O9P/c1-18(27(35)39-19-8-4-2-5-9-19)33-44(37,43-20-10-6-3-7-11-20)38-17-29(16-30)26-25(40-28(36)41-26)24(42-29)23-13-12-22-21(31)14-15-32-34(22)23/h3,6-7,10-15,18-19,24-26H,2,4-5,8-9,17,31H2,1H3,(H,33,37)/t18-,24-,25-,26-,29+,44?/m0/s1. The number of hydrogen-bond donors (Lipinski definition) is 2. The SMILES string of the molecule is C[C@H](NP(=O)(OC[C@@]1(C#N)O[C@@H](c2ccc3c(N)ccnn23)[C@@H]2OC(=O)O[C@@H]21)Oc1ccccc1)C(=O)OC1CCCCC1. The molecular weight excluding hydrogens is 593 g/mol. The number of benzene rings is 1. The van der Waals surface area contributed by atoms with E-state index in [1.807, 2.05) is 6.07 Å². The Morgan fingerprint density at radius 1 is 1.20 bits per heavy atom. The Bertz CT molecular complexity index is 1620. The smallest absolute Gasteiger partial charge is 0.461 e. The van der Waals surface area contributed by atoms with E-state index in [9.17, 15) is 19.4 Å². The normalized spacial score (nSPS) is 27.0. The average molecular weight is 626 g/mol. The fourth-order valence-corrected chi connectivity index (χ4v) is 7.20. The average Bonchev–Trinajstić information content (AvgIpc) is 3.70. The van der Waals surface area contributed by atoms with Crippen molar-refractivity contribution in [1.29, 1.82) is 5.26 Å². The van der Waals surface area contributed by atoms with Crippen molar-refractivity contribution in [3.05, 3.63) is 60.4 Å². The van der Waals surface area contributed by atoms with Crippen molar-refractivity contribution in [3.8, 4) is 11.8 Å². The number of para-hydroxylation sites is 1. The number of nitrogen functional groups attached to an aromatic ring is 1. The molecule has 4 heterocycles. The van der Waals surface area contributed by atoms with Gasteiger partial charge >= 0.3 is 19.9 Å². The summed E-state index contributed by atoms with van der Waals surface area (Å²) in [7, 11) is -4.39. The highest BCUT2D eigenvalue weighted by Crippen LogP contribution is 2.51. The zero-order valence-electron chi connectivity index (χ0n) is 23.9. The Hall–Kier alpha value is -4.15. The van der Waals surface area contributed by atoms with Crippen LogP contribution in [0.15, 0.2) is 54.7 Å². The molecule has 1 saturated carbocycles. The van der Waals surface area contributed by atoms with Gasteiger partial charge in [-0.3, -0.25) is 9.32 Å². The maximum Gasteiger partial charge on any atom is 0.509 e. The van der Waals surface area contributed by atoms with Crippen molar-refractivity contribution in [2.24, 2.45) is 0 Å². The van der Waals surface area contributed by atoms with Crippen molar-refractivity contribution in [2.45, 2.75) is 75.1 Å². The number of hydrogen-bond acceptors (Lipinski definition) is 12. The van der Waals surface area contributed by atoms with E-state index in [1.165, 1.54) is 17.6 Å². The summed E-state index contributed by atoms with van der Waals surface area (Å²) in [6, 6.07) is 14.2. The maximum atomic E-state index is 14.2. The van der Waals surface area contributed by atoms with E-state index < -0.39 is 56.4 Å². The van der Waals surface area contributed by atoms with Gasteiger partial charge in [-0.15, -0.1) is 0 Å². The summed E-state index contributed by atoms with van der Waals surface area (Å²) in [5.41, 5.74) is 5.58. The molecule has 0 bridgehead atoms. The lowest BCUT2D eigenvalue weighted by Crippen LogP contribution is -2.46. The number of ether oxygens (including phenoxy) is 4. The molecule has 1 aliphatic carbocycles. The van der Waals surface area contributed by atoms with Crippen LogP contribution in [0.2, 0.25) is 0 Å². The minimum absolute atomic E-state index is 0.184. The summed E-state index contributed by atoms with van der Waals surface area (Å²) in [6.07, 6.45) is 1.51. The molecule has 3 fully saturated rings. The Balaban J connectivity index is 1.25. The Labute approximate surface area is 252 Å². The zero-order valence-corrected chi connectivity index (χ0v) is 24.8. The second-order valence-corrected chi connectivity index (χ2v) is 12.7. The van der Waals surface area contributed by atoms with Gasteiger partial charge in [0, 0.05) is 6.20 Å². The van der Waals surface area contributed by atoms with E-state index in [-0.39, 0.29) is 11.9 Å². The van der Waals surface area contributed by atoms with Crippen molar-refractivity contribution >= 4 is 31.1 Å². The largest absolute Gasteiger partial charge is 0.509 e. The van der Waals surface area contributed by atoms with Crippen molar-refractivity contribution in [1.82, 2.24) is 14.7 Å². The second-order valence-electron chi connectivity index (χ2n) is 11.0. The van der Waals surface area contributed by atoms with E-state index in [0.29, 0.717) is 16.9 Å². The highest BCUT2D eigenvalue weighted by Gasteiger charge is 2.65. The van der Waals surface area contributed by atoms with Crippen LogP contribution in [0.4, 0.5) is 10.5 Å². The summed E-state index contributed by atoms with van der Waals surface area (Å²) in [5, 5.41) is 17.4. The molecule has 2 aliphatic heterocycles. The van der Waals surface area contributed by atoms with Crippen LogP contribution >= 0.6 is 7.75 Å². The fraction of sp³-hybridized carbons (Fsp3) is 0.448. The van der Waals surface area contributed by atoms with E-state index in [0.717, 1.165) is 32.1 Å². The summed E-state index contributed by atoms with van der Waals surface area (Å²) in [6.45, 7) is 0.801. The molecule has 3 N–H and O–H groups in total. The predicted molar refractivity (Wildman–Crippen MR) is 153 cm³/mol. The second kappa shape index (κ2) is 12.1. The lowest BCUT2D eigenvalue weighted by atomic mass is 9.96. The number of anilines is 1. The number of nitrogens with zero attached hydrogens (tertiary/aromatic N) is 3. The molecule has 2 saturated heterocycles. The van der Waals surface area contributed by atoms with Crippen molar-refractivity contribution < 1.29 is 42.1 Å². The van der Waals surface area contributed by atoms with E-state index in [1.54, 1.807) is 48.5 Å². The first-order valence-electron chi connectivity index (χ1n) is 14.4. The molecule has 232 valence electrons. The first-order chi connectivity index (χ1) is 21.2. The van der Waals surface area contributed by atoms with Crippen LogP contribution in [0.25, 0.3) is 5.52 Å². The van der Waals surface area contributed by atoms with E-state index >= 15 is 0 Å². The van der Waals surface area contributed by atoms with Crippen LogP contribution in [0, 0.1) is 11.3 Å². The first-order valence-corrected chi connectivity index (χ1v) is 15.9. The summed E-state index contributed by atoms with van der Waals surface area (Å²) < 4.78 is 49.9. The van der Waals surface area contributed by atoms with Gasteiger partial charge < -0.3 is 29.2 Å². The topological polar surface area (TPSA) is 186 Å². The van der Waals surface area contributed by atoms with Crippen LogP contribution in [-0.4, -0.2) is 58.3 Å². The van der Waals surface area contributed by atoms with Crippen LogP contribution in [-0.2, 0) is 32.8 Å². The van der Waals surface area contributed by atoms with Crippen LogP contribution in [0.1, 0.15) is 50.8 Å². The third kappa shape index (κ3) is 5.84. The summed E-state index contributed by atoms with van der Waals surface area (Å²) in [4.78, 5) is 25.2. The highest BCUT2D eigenvalue weighted by molar-refractivity contribution is 7.52. The Kier molecular flexibility index (Phi) is 8.22. The first kappa shape index (κ1) is 29.9. The van der Waals surface area contributed by atoms with Crippen LogP contribution in [0.3, 0.4) is 0 Å². The quantitative estimate of drug-likeness (QED) is 0.241. The Morgan fingerprint density at radius 2 is 1.98 bits per heavy atom. The number of rotatable bonds is 10. The minimum Gasteiger partial charge on any atom is -0.461 e. The van der Waals surface area contributed by atoms with E-state index in [4.69, 9.17) is 33.7 Å². The lowest BCUT2D eigenvalue weighted by Gasteiger charge is -2.29. The zero-order chi connectivity index (χ0) is 30.9. The molecule has 0 spiro atoms. The number of fused-ring (bicyclic) bond motifs is 2. The number of nitrogens with two attached hydrogens (primary N) is 1. The molecule has 1 aromatic carbocycles. The van der Waals surface area contributed by atoms with E-state index in [2.05, 4.69) is 10.2 Å². The number of nitriles is 1. The Morgan fingerprint density at radius 3 is 2.73 bits per heavy atom. The number of carbonyl (C=O) groups is 2. The number of nitrogens with one attached hydrogen (secondary N) is 1. The van der Waals surface area contributed by atoms with Gasteiger partial charge in [-0.25, -0.2) is 13.9 Å². The monoisotopic (exact) mass is 625 g/mol. The number of carbonyl (C=O) groups excluding carboxylic acids is 2. The third-order valence-corrected chi connectivity index (χ3v) is 9.53. The van der Waals surface area contributed by atoms with Gasteiger partial charge in [0.1, 0.15) is 36.7 Å². The lowest BCUT2D eigenvalue weighted by molar-refractivity contribution is -0.152. The molecule has 3 aromatic rings. The summed E-state index contributed by atoms with van der Waals surface area (Å²) in [5.74, 6) is -0.432. The predicted octanol–water partition coefficient (Wildman–Crippen LogP) is 4.21. The van der Waals surface area contributed by atoms with Gasteiger partial charge in [0.05, 0.1) is 16.9 Å². The third-order valence-electron chi connectivity index (χ3n) is 7.90. The van der Waals surface area contributed by atoms with Crippen LogP contribution < -0.4 is 15.3 Å². The van der Waals surface area contributed by atoms with Gasteiger partial charge in [-0.05, 0) is 62.9 Å². The number of esters is 1. The summed E-state index contributed by atoms with van der Waals surface area (Å²) >= 11 is 0. The molecule has 14 nitrogen and oxygen atoms in total. The number of aromatic nitrogens is 2. The van der Waals surface area contributed by atoms with Crippen molar-refractivity contribution in [2.75, 3.05) is 12.3 Å². The molecule has 0 radical (unpaired) electrons. The highest BCUT2D eigenvalue weighted by atomic mass is 31.2. The molecule has 15 heteroatoms. The fourth-order valence-electron chi connectivity index (χ4n) is 5.68. The molecule has 1 unspecified atom stereocenters. The molecule has 44 heavy (non-hydrogen) atoms. The molecule has 3 aliphatic rings. The molecule has 0 amide bonds. The maximum absolute atomic E-state index is 14.2. The van der Waals surface area contributed by atoms with Crippen LogP contribution in [0.5, 0.6) is 5.75 Å². The van der Waals surface area contributed by atoms with Gasteiger partial charge in [0.25, 0.3) is 0 Å². The molecule has 2 aromatic heterocycles. The molecule has 6 atom stereocenters. The van der Waals surface area contributed by atoms with Gasteiger partial charge in [0.2, 0.25) is 5.60 Å². The van der Waals surface area contributed by atoms with Gasteiger partial charge in [-0.2, -0.15) is 15.4 Å². The molecular formula is C29H32N5O9P. The van der Waals surface area contributed by atoms with Gasteiger partial charge in [-0.1, -0.05) is 24.6 Å². The minimum atomic E-state index is -4.39. The van der Waals surface area contributed by atoms with Crippen molar-refractivity contribution in [3.63, 3.8) is 0 Å².